The van der Waals surface area contributed by atoms with Gasteiger partial charge in [-0.05, 0) is 32.8 Å². The van der Waals surface area contributed by atoms with E-state index in [9.17, 15) is 13.2 Å². The summed E-state index contributed by atoms with van der Waals surface area (Å²) in [5.41, 5.74) is 7.55. The highest BCUT2D eigenvalue weighted by atomic mass is 32.1. The summed E-state index contributed by atoms with van der Waals surface area (Å²) in [5, 5.41) is 10.9. The van der Waals surface area contributed by atoms with Crippen molar-refractivity contribution in [3.05, 3.63) is 28.8 Å². The van der Waals surface area contributed by atoms with Crippen LogP contribution >= 0.6 is 11.3 Å². The first kappa shape index (κ1) is 22.1. The number of nitrogens with two attached hydrogens (primary N) is 2. The van der Waals surface area contributed by atoms with Crippen molar-refractivity contribution in [2.24, 2.45) is 5.90 Å². The van der Waals surface area contributed by atoms with E-state index >= 15 is 0 Å². The molecule has 0 unspecified atom stereocenters. The number of alkyl halides is 3. The number of fused-ring (bicyclic) bond motifs is 1. The summed E-state index contributed by atoms with van der Waals surface area (Å²) in [5.74, 6) is 3.75. The van der Waals surface area contributed by atoms with E-state index in [4.69, 9.17) is 10.9 Å². The van der Waals surface area contributed by atoms with E-state index in [2.05, 4.69) is 34.8 Å². The summed E-state index contributed by atoms with van der Waals surface area (Å²) in [6.45, 7) is 7.69. The molecule has 3 heterocycles. The van der Waals surface area contributed by atoms with Crippen molar-refractivity contribution in [1.82, 2.24) is 19.6 Å². The van der Waals surface area contributed by atoms with Crippen molar-refractivity contribution in [3.63, 3.8) is 0 Å². The molecule has 0 spiro atoms. The lowest BCUT2D eigenvalue weighted by atomic mass is 9.98. The van der Waals surface area contributed by atoms with Crippen LogP contribution in [0.3, 0.4) is 0 Å². The van der Waals surface area contributed by atoms with Crippen LogP contribution in [0, 0.1) is 13.8 Å². The van der Waals surface area contributed by atoms with Gasteiger partial charge in [-0.3, -0.25) is 0 Å². The number of nitrogens with zero attached hydrogens (tertiary/aromatic N) is 4. The third-order valence-corrected chi connectivity index (χ3v) is 5.36. The Bertz CT molecular complexity index is 962. The molecule has 5 N–H and O–H groups in total. The SMILES string of the molecule is CCC(CC)c1cc(C)nc2c(-c3sc(N)nc3C(F)(F)F)c(C)nn12.NO. The average Bonchev–Trinajstić information content (AvgIpc) is 3.16. The molecule has 0 amide bonds. The highest BCUT2D eigenvalue weighted by molar-refractivity contribution is 7.19. The van der Waals surface area contributed by atoms with Gasteiger partial charge in [-0.2, -0.15) is 18.3 Å². The molecule has 11 heteroatoms. The van der Waals surface area contributed by atoms with Crippen molar-refractivity contribution >= 4 is 22.1 Å². The van der Waals surface area contributed by atoms with Gasteiger partial charge in [-0.1, -0.05) is 25.2 Å². The highest BCUT2D eigenvalue weighted by Gasteiger charge is 2.39. The van der Waals surface area contributed by atoms with Crippen LogP contribution in [0.25, 0.3) is 16.1 Å². The zero-order valence-corrected chi connectivity index (χ0v) is 16.8. The maximum absolute atomic E-state index is 13.4. The quantitative estimate of drug-likeness (QED) is 0.546. The van der Waals surface area contributed by atoms with Crippen LogP contribution in [0.1, 0.15) is 55.4 Å². The predicted molar refractivity (Wildman–Crippen MR) is 102 cm³/mol. The van der Waals surface area contributed by atoms with Crippen LogP contribution in [0.2, 0.25) is 0 Å². The normalized spacial score (nSPS) is 11.8. The fourth-order valence-electron chi connectivity index (χ4n) is 3.23. The Kier molecular flexibility index (Phi) is 6.63. The van der Waals surface area contributed by atoms with E-state index in [1.165, 1.54) is 0 Å². The summed E-state index contributed by atoms with van der Waals surface area (Å²) in [6, 6.07) is 1.95. The van der Waals surface area contributed by atoms with Crippen LogP contribution in [0.4, 0.5) is 18.3 Å². The maximum Gasteiger partial charge on any atom is 0.434 e. The first-order valence-electron chi connectivity index (χ1n) is 8.63. The number of hydrogen-bond acceptors (Lipinski definition) is 7. The Hall–Kier alpha value is -2.24. The summed E-state index contributed by atoms with van der Waals surface area (Å²) in [7, 11) is 0. The third kappa shape index (κ3) is 3.96. The number of thiazole rings is 1. The highest BCUT2D eigenvalue weighted by Crippen LogP contribution is 2.43. The molecule has 7 nitrogen and oxygen atoms in total. The van der Waals surface area contributed by atoms with Gasteiger partial charge in [0.15, 0.2) is 16.5 Å². The van der Waals surface area contributed by atoms with Gasteiger partial charge in [0.05, 0.1) is 16.1 Å². The molecule has 28 heavy (non-hydrogen) atoms. The Morgan fingerprint density at radius 1 is 1.18 bits per heavy atom. The Labute approximate surface area is 164 Å². The molecule has 0 radical (unpaired) electrons. The molecule has 0 saturated heterocycles. The lowest BCUT2D eigenvalue weighted by Crippen LogP contribution is -2.08. The zero-order chi connectivity index (χ0) is 21.2. The second-order valence-corrected chi connectivity index (χ2v) is 7.29. The number of hydrogen-bond donors (Lipinski definition) is 3. The summed E-state index contributed by atoms with van der Waals surface area (Å²) < 4.78 is 41.9. The molecule has 154 valence electrons. The maximum atomic E-state index is 13.4. The van der Waals surface area contributed by atoms with Crippen LogP contribution in [0.15, 0.2) is 6.07 Å². The van der Waals surface area contributed by atoms with Crippen molar-refractivity contribution in [2.75, 3.05) is 5.73 Å². The monoisotopic (exact) mass is 416 g/mol. The minimum absolute atomic E-state index is 0.0314. The summed E-state index contributed by atoms with van der Waals surface area (Å²) in [4.78, 5) is 7.96. The number of nitrogen functional groups attached to an aromatic ring is 1. The second-order valence-electron chi connectivity index (χ2n) is 6.26. The van der Waals surface area contributed by atoms with Crippen LogP contribution < -0.4 is 11.6 Å². The van der Waals surface area contributed by atoms with Crippen molar-refractivity contribution in [1.29, 1.82) is 0 Å². The topological polar surface area (TPSA) is 115 Å². The Morgan fingerprint density at radius 3 is 2.32 bits per heavy atom. The van der Waals surface area contributed by atoms with E-state index in [0.29, 0.717) is 16.9 Å². The number of aromatic nitrogens is 4. The number of aryl methyl sites for hydroxylation is 2. The molecule has 0 aliphatic rings. The molecule has 3 aromatic heterocycles. The number of halogens is 3. The van der Waals surface area contributed by atoms with E-state index in [1.54, 1.807) is 11.4 Å². The first-order valence-corrected chi connectivity index (χ1v) is 9.45. The fraction of sp³-hybridized carbons (Fsp3) is 0.471. The van der Waals surface area contributed by atoms with Gasteiger partial charge < -0.3 is 10.9 Å². The van der Waals surface area contributed by atoms with Gasteiger partial charge in [0, 0.05) is 17.3 Å². The van der Waals surface area contributed by atoms with Crippen molar-refractivity contribution in [2.45, 2.75) is 52.6 Å². The van der Waals surface area contributed by atoms with Crippen molar-refractivity contribution in [3.8, 4) is 10.4 Å². The fourth-order valence-corrected chi connectivity index (χ4v) is 4.18. The van der Waals surface area contributed by atoms with Crippen molar-refractivity contribution < 1.29 is 18.4 Å². The molecule has 0 atom stereocenters. The Balaban J connectivity index is 0.00000136. The molecule has 0 saturated carbocycles. The molecule has 0 aromatic carbocycles. The van der Waals surface area contributed by atoms with Gasteiger partial charge in [0.2, 0.25) is 0 Å². The molecular weight excluding hydrogens is 393 g/mol. The van der Waals surface area contributed by atoms with Gasteiger partial charge in [0.1, 0.15) is 0 Å². The van der Waals surface area contributed by atoms with Gasteiger partial charge >= 0.3 is 6.18 Å². The van der Waals surface area contributed by atoms with Gasteiger partial charge in [0.25, 0.3) is 0 Å². The summed E-state index contributed by atoms with van der Waals surface area (Å²) >= 11 is 0.813. The second kappa shape index (κ2) is 8.41. The predicted octanol–water partition coefficient (Wildman–Crippen LogP) is 4.31. The first-order chi connectivity index (χ1) is 13.2. The lowest BCUT2D eigenvalue weighted by Gasteiger charge is -2.15. The van der Waals surface area contributed by atoms with Crippen LogP contribution in [0.5, 0.6) is 0 Å². The minimum atomic E-state index is -4.59. The largest absolute Gasteiger partial charge is 0.434 e. The molecular formula is C17H23F3N6OS. The minimum Gasteiger partial charge on any atom is -0.375 e. The molecule has 3 rings (SSSR count). The molecule has 0 bridgehead atoms. The van der Waals surface area contributed by atoms with Gasteiger partial charge in [-0.25, -0.2) is 20.4 Å². The number of anilines is 1. The molecule has 0 aliphatic heterocycles. The molecule has 0 aliphatic carbocycles. The third-order valence-electron chi connectivity index (χ3n) is 4.46. The average molecular weight is 416 g/mol. The molecule has 0 fully saturated rings. The number of rotatable bonds is 4. The van der Waals surface area contributed by atoms with Crippen LogP contribution in [-0.2, 0) is 6.18 Å². The molecule has 3 aromatic rings. The van der Waals surface area contributed by atoms with E-state index in [-0.39, 0.29) is 15.9 Å². The standard InChI is InChI=1S/C17H20F3N5S.H3NO/c1-5-10(6-2)11-7-8(3)22-15-12(9(4)24-25(11)15)13-14(17(18,19)20)23-16(21)26-13;1-2/h7,10H,5-6H2,1-4H3,(H2,21,23);2H,1H2. The van der Waals surface area contributed by atoms with E-state index < -0.39 is 11.9 Å². The van der Waals surface area contributed by atoms with Crippen LogP contribution in [-0.4, -0.2) is 24.8 Å². The van der Waals surface area contributed by atoms with Gasteiger partial charge in [-0.15, -0.1) is 0 Å². The Morgan fingerprint density at radius 2 is 1.79 bits per heavy atom. The summed E-state index contributed by atoms with van der Waals surface area (Å²) in [6.07, 6.45) is -2.78. The zero-order valence-electron chi connectivity index (χ0n) is 16.0. The smallest absolute Gasteiger partial charge is 0.375 e. The van der Waals surface area contributed by atoms with E-state index in [1.807, 2.05) is 13.0 Å². The lowest BCUT2D eigenvalue weighted by molar-refractivity contribution is -0.140. The van der Waals surface area contributed by atoms with E-state index in [0.717, 1.165) is 35.6 Å².